The van der Waals surface area contributed by atoms with Gasteiger partial charge in [0.1, 0.15) is 11.6 Å². The normalized spacial score (nSPS) is 18.8. The zero-order valence-corrected chi connectivity index (χ0v) is 18.0. The highest BCUT2D eigenvalue weighted by Crippen LogP contribution is 2.41. The van der Waals surface area contributed by atoms with E-state index in [0.717, 1.165) is 0 Å². The molecule has 166 valence electrons. The third-order valence-corrected chi connectivity index (χ3v) is 5.41. The van der Waals surface area contributed by atoms with Crippen molar-refractivity contribution in [1.82, 2.24) is 4.90 Å². The molecule has 1 aliphatic rings. The van der Waals surface area contributed by atoms with Crippen LogP contribution in [-0.4, -0.2) is 30.4 Å². The van der Waals surface area contributed by atoms with Crippen molar-refractivity contribution in [1.29, 1.82) is 0 Å². The Balaban J connectivity index is 2.23. The summed E-state index contributed by atoms with van der Waals surface area (Å²) in [6, 6.07) is 9.02. The zero-order chi connectivity index (χ0) is 22.9. The maximum absolute atomic E-state index is 14.4. The molecule has 0 spiro atoms. The monoisotopic (exact) mass is 433 g/mol. The summed E-state index contributed by atoms with van der Waals surface area (Å²) in [5, 5.41) is 0. The quantitative estimate of drug-likeness (QED) is 0.711. The minimum Gasteiger partial charge on any atom is -0.435 e. The minimum atomic E-state index is -2.96. The second-order valence-corrected chi connectivity index (χ2v) is 8.00. The van der Waals surface area contributed by atoms with Gasteiger partial charge < -0.3 is 10.5 Å². The SMILES string of the molecule is CCc1cc(C2(c3ccc(F)c(CC(C)C)c3)N=C(N)N(C)C2=O)ccc1OC(F)F. The van der Waals surface area contributed by atoms with Crippen LogP contribution in [0.4, 0.5) is 13.2 Å². The Kier molecular flexibility index (Phi) is 6.29. The lowest BCUT2D eigenvalue weighted by Gasteiger charge is -2.27. The van der Waals surface area contributed by atoms with Gasteiger partial charge in [-0.15, -0.1) is 0 Å². The Bertz CT molecular complexity index is 1020. The number of benzene rings is 2. The number of likely N-dealkylation sites (N-methyl/N-ethyl adjacent to an activating group) is 1. The van der Waals surface area contributed by atoms with E-state index in [-0.39, 0.29) is 23.4 Å². The average molecular weight is 433 g/mol. The predicted molar refractivity (Wildman–Crippen MR) is 113 cm³/mol. The number of carbonyl (C=O) groups is 1. The van der Waals surface area contributed by atoms with Gasteiger partial charge in [0, 0.05) is 7.05 Å². The van der Waals surface area contributed by atoms with E-state index >= 15 is 0 Å². The van der Waals surface area contributed by atoms with Crippen molar-refractivity contribution in [3.8, 4) is 5.75 Å². The first-order chi connectivity index (χ1) is 14.6. The zero-order valence-electron chi connectivity index (χ0n) is 18.0. The van der Waals surface area contributed by atoms with E-state index in [1.807, 2.05) is 13.8 Å². The largest absolute Gasteiger partial charge is 0.435 e. The van der Waals surface area contributed by atoms with Crippen LogP contribution in [0, 0.1) is 11.7 Å². The van der Waals surface area contributed by atoms with Crippen LogP contribution >= 0.6 is 0 Å². The number of amides is 1. The Morgan fingerprint density at radius 3 is 2.26 bits per heavy atom. The molecule has 1 heterocycles. The summed E-state index contributed by atoms with van der Waals surface area (Å²) in [6.07, 6.45) is 0.886. The highest BCUT2D eigenvalue weighted by molar-refractivity contribution is 6.09. The molecule has 31 heavy (non-hydrogen) atoms. The molecule has 3 rings (SSSR count). The van der Waals surface area contributed by atoms with Crippen molar-refractivity contribution >= 4 is 11.9 Å². The molecule has 1 amide bonds. The molecule has 0 aromatic heterocycles. The van der Waals surface area contributed by atoms with Gasteiger partial charge in [-0.3, -0.25) is 9.69 Å². The molecule has 1 aliphatic heterocycles. The van der Waals surface area contributed by atoms with Gasteiger partial charge in [0.2, 0.25) is 0 Å². The van der Waals surface area contributed by atoms with Crippen molar-refractivity contribution in [2.24, 2.45) is 16.6 Å². The standard InChI is InChI=1S/C23H26F3N3O2/c1-5-14-11-17(7-9-19(14)31-21(25)26)23(20(30)29(4)22(27)28-23)16-6-8-18(24)15(12-16)10-13(2)3/h6-9,11-13,21H,5,10H2,1-4H3,(H2,27,28). The molecule has 1 unspecified atom stereocenters. The van der Waals surface area contributed by atoms with E-state index in [1.54, 1.807) is 19.1 Å². The topological polar surface area (TPSA) is 67.9 Å². The fourth-order valence-corrected chi connectivity index (χ4v) is 3.87. The number of alkyl halides is 2. The second kappa shape index (κ2) is 8.61. The molecule has 0 radical (unpaired) electrons. The Hall–Kier alpha value is -3.03. The fraction of sp³-hybridized carbons (Fsp3) is 0.391. The van der Waals surface area contributed by atoms with Gasteiger partial charge >= 0.3 is 6.61 Å². The number of guanidine groups is 1. The summed E-state index contributed by atoms with van der Waals surface area (Å²) >= 11 is 0. The first kappa shape index (κ1) is 22.7. The van der Waals surface area contributed by atoms with Crippen molar-refractivity contribution in [2.75, 3.05) is 7.05 Å². The number of nitrogens with two attached hydrogens (primary N) is 1. The summed E-state index contributed by atoms with van der Waals surface area (Å²) in [5.41, 5.74) is 6.34. The van der Waals surface area contributed by atoms with Crippen LogP contribution in [0.5, 0.6) is 5.75 Å². The lowest BCUT2D eigenvalue weighted by atomic mass is 9.80. The van der Waals surface area contributed by atoms with E-state index < -0.39 is 18.1 Å². The number of carbonyl (C=O) groups excluding carboxylic acids is 1. The number of rotatable bonds is 7. The molecule has 0 fully saturated rings. The number of ether oxygens (including phenoxy) is 1. The first-order valence-electron chi connectivity index (χ1n) is 10.1. The number of halogens is 3. The van der Waals surface area contributed by atoms with E-state index in [0.29, 0.717) is 35.1 Å². The van der Waals surface area contributed by atoms with Gasteiger partial charge in [0.15, 0.2) is 11.5 Å². The van der Waals surface area contributed by atoms with E-state index in [4.69, 9.17) is 5.73 Å². The van der Waals surface area contributed by atoms with E-state index in [1.165, 1.54) is 36.2 Å². The van der Waals surface area contributed by atoms with Crippen LogP contribution in [0.1, 0.15) is 43.0 Å². The third-order valence-electron chi connectivity index (χ3n) is 5.41. The molecule has 0 bridgehead atoms. The van der Waals surface area contributed by atoms with Crippen LogP contribution in [0.3, 0.4) is 0 Å². The van der Waals surface area contributed by atoms with Crippen LogP contribution in [0.25, 0.3) is 0 Å². The van der Waals surface area contributed by atoms with Crippen molar-refractivity contribution in [2.45, 2.75) is 45.8 Å². The van der Waals surface area contributed by atoms with Crippen LogP contribution < -0.4 is 10.5 Å². The summed E-state index contributed by atoms with van der Waals surface area (Å²) < 4.78 is 44.6. The van der Waals surface area contributed by atoms with Gasteiger partial charge in [-0.05, 0) is 65.3 Å². The predicted octanol–water partition coefficient (Wildman–Crippen LogP) is 4.22. The van der Waals surface area contributed by atoms with Crippen LogP contribution in [-0.2, 0) is 23.2 Å². The maximum Gasteiger partial charge on any atom is 0.387 e. The summed E-state index contributed by atoms with van der Waals surface area (Å²) in [7, 11) is 1.51. The van der Waals surface area contributed by atoms with E-state index in [2.05, 4.69) is 9.73 Å². The smallest absolute Gasteiger partial charge is 0.387 e. The highest BCUT2D eigenvalue weighted by atomic mass is 19.3. The third kappa shape index (κ3) is 4.11. The van der Waals surface area contributed by atoms with Crippen molar-refractivity contribution < 1.29 is 22.7 Å². The molecular formula is C23H26F3N3O2. The molecule has 0 aliphatic carbocycles. The molecule has 0 saturated heterocycles. The van der Waals surface area contributed by atoms with E-state index in [9.17, 15) is 18.0 Å². The molecule has 8 heteroatoms. The van der Waals surface area contributed by atoms with Gasteiger partial charge in [0.25, 0.3) is 5.91 Å². The van der Waals surface area contributed by atoms with Crippen LogP contribution in [0.15, 0.2) is 41.4 Å². The van der Waals surface area contributed by atoms with Gasteiger partial charge in [-0.1, -0.05) is 32.9 Å². The van der Waals surface area contributed by atoms with Crippen molar-refractivity contribution in [3.05, 3.63) is 64.5 Å². The second-order valence-electron chi connectivity index (χ2n) is 8.00. The molecule has 0 saturated carbocycles. The van der Waals surface area contributed by atoms with Gasteiger partial charge in [0.05, 0.1) is 0 Å². The number of aryl methyl sites for hydroxylation is 1. The van der Waals surface area contributed by atoms with Crippen LogP contribution in [0.2, 0.25) is 0 Å². The fourth-order valence-electron chi connectivity index (χ4n) is 3.87. The molecule has 2 aromatic rings. The minimum absolute atomic E-state index is 0.0192. The number of aliphatic imine (C=N–C) groups is 1. The maximum atomic E-state index is 14.4. The number of hydrogen-bond acceptors (Lipinski definition) is 4. The lowest BCUT2D eigenvalue weighted by molar-refractivity contribution is -0.129. The summed E-state index contributed by atoms with van der Waals surface area (Å²) in [4.78, 5) is 19.1. The number of nitrogens with zero attached hydrogens (tertiary/aromatic N) is 2. The highest BCUT2D eigenvalue weighted by Gasteiger charge is 2.50. The summed E-state index contributed by atoms with van der Waals surface area (Å²) in [5.74, 6) is -0.513. The Morgan fingerprint density at radius 1 is 1.13 bits per heavy atom. The Labute approximate surface area is 179 Å². The van der Waals surface area contributed by atoms with Crippen molar-refractivity contribution in [3.63, 3.8) is 0 Å². The molecule has 2 aromatic carbocycles. The Morgan fingerprint density at radius 2 is 1.74 bits per heavy atom. The summed E-state index contributed by atoms with van der Waals surface area (Å²) in [6.45, 7) is 2.78. The molecule has 2 N–H and O–H groups in total. The number of hydrogen-bond donors (Lipinski definition) is 1. The molecule has 5 nitrogen and oxygen atoms in total. The first-order valence-corrected chi connectivity index (χ1v) is 10.1. The molecular weight excluding hydrogens is 407 g/mol. The average Bonchev–Trinajstić information content (AvgIpc) is 2.94. The van der Waals surface area contributed by atoms with Gasteiger partial charge in [-0.2, -0.15) is 8.78 Å². The lowest BCUT2D eigenvalue weighted by Crippen LogP contribution is -2.41. The van der Waals surface area contributed by atoms with Gasteiger partial charge in [-0.25, -0.2) is 9.38 Å². The molecule has 1 atom stereocenters.